The lowest BCUT2D eigenvalue weighted by atomic mass is 10.1. The van der Waals surface area contributed by atoms with Crippen molar-refractivity contribution in [3.8, 4) is 28.0 Å². The zero-order valence-electron chi connectivity index (χ0n) is 24.6. The van der Waals surface area contributed by atoms with E-state index >= 15 is 0 Å². The molecule has 1 N–H and O–H groups in total. The van der Waals surface area contributed by atoms with Crippen LogP contribution in [0.5, 0.6) is 17.4 Å². The number of carboxylic acid groups (broad SMARTS) is 1. The lowest BCUT2D eigenvalue weighted by Gasteiger charge is -2.30. The Morgan fingerprint density at radius 3 is 2.64 bits per heavy atom. The lowest BCUT2D eigenvalue weighted by molar-refractivity contribution is 0.0303. The van der Waals surface area contributed by atoms with E-state index in [2.05, 4.69) is 9.97 Å². The number of methoxy groups -OCH3 is 1. The van der Waals surface area contributed by atoms with Gasteiger partial charge < -0.3 is 29.0 Å². The first kappa shape index (κ1) is 28.7. The number of rotatable bonds is 6. The van der Waals surface area contributed by atoms with Crippen LogP contribution in [0, 0.1) is 6.92 Å². The number of thiazole rings is 1. The number of fused-ring (bicyclic) bond motifs is 4. The first-order valence-electron chi connectivity index (χ1n) is 14.4. The molecular formula is C32H29N5O7S. The van der Waals surface area contributed by atoms with Crippen molar-refractivity contribution >= 4 is 50.3 Å². The van der Waals surface area contributed by atoms with E-state index in [0.29, 0.717) is 54.9 Å². The number of amides is 2. The second-order valence-electron chi connectivity index (χ2n) is 10.7. The lowest BCUT2D eigenvalue weighted by Crippen LogP contribution is -2.43. The van der Waals surface area contributed by atoms with Gasteiger partial charge in [-0.05, 0) is 61.0 Å². The first-order valence-corrected chi connectivity index (χ1v) is 15.2. The molecule has 45 heavy (non-hydrogen) atoms. The molecule has 0 spiro atoms. The molecule has 2 amide bonds. The van der Waals surface area contributed by atoms with Crippen LogP contribution in [0.1, 0.15) is 15.9 Å². The van der Waals surface area contributed by atoms with E-state index < -0.39 is 12.2 Å². The molecule has 0 radical (unpaired) electrons. The number of benzene rings is 3. The Morgan fingerprint density at radius 2 is 1.89 bits per heavy atom. The van der Waals surface area contributed by atoms with Crippen LogP contribution in [0.4, 0.5) is 10.5 Å². The second kappa shape index (κ2) is 11.8. The van der Waals surface area contributed by atoms with Crippen LogP contribution in [0.15, 0.2) is 54.7 Å². The summed E-state index contributed by atoms with van der Waals surface area (Å²) in [7, 11) is 1.56. The van der Waals surface area contributed by atoms with Gasteiger partial charge in [0.25, 0.3) is 5.91 Å². The largest absolute Gasteiger partial charge is 0.484 e. The summed E-state index contributed by atoms with van der Waals surface area (Å²) in [6, 6.07) is 14.2. The van der Waals surface area contributed by atoms with E-state index in [1.807, 2.05) is 25.1 Å². The molecule has 2 aliphatic rings. The summed E-state index contributed by atoms with van der Waals surface area (Å²) in [5.41, 5.74) is 5.00. The number of anilines is 1. The summed E-state index contributed by atoms with van der Waals surface area (Å²) in [5, 5.41) is 10.8. The highest BCUT2D eigenvalue weighted by molar-refractivity contribution is 7.22. The number of nitrogens with zero attached hydrogens (tertiary/aromatic N) is 5. The van der Waals surface area contributed by atoms with Crippen LogP contribution in [0.2, 0.25) is 0 Å². The van der Waals surface area contributed by atoms with Gasteiger partial charge in [0.1, 0.15) is 16.3 Å². The standard InChI is InChI=1S/C32H29N5O7S/c1-18-13-22(27-24(14-18)34-26(41-2)15-33-27)30-35-23-7-8-25-28(29(23)45-30)43-17-21(44-25)16-37(32(39)40)20-5-3-19(4-6-20)31(38)36-9-11-42-12-10-36/h3-8,13-15,21H,9-12,16-17H2,1-2H3,(H,39,40)/t21-/m1/s1. The fraction of sp³-hybridized carbons (Fsp3) is 0.281. The van der Waals surface area contributed by atoms with E-state index in [-0.39, 0.29) is 19.1 Å². The molecule has 5 aromatic rings. The Kier molecular flexibility index (Phi) is 7.55. The SMILES string of the molecule is COc1cnc2c(-c3nc4ccc5c(c4s3)OC[C@@H](CN(C(=O)O)c3ccc(C(=O)N4CCOCC4)cc3)O5)cc(C)cc2n1. The van der Waals surface area contributed by atoms with Crippen LogP contribution < -0.4 is 19.1 Å². The van der Waals surface area contributed by atoms with Crippen molar-refractivity contribution in [1.82, 2.24) is 19.9 Å². The third kappa shape index (κ3) is 5.56. The Labute approximate surface area is 261 Å². The molecular weight excluding hydrogens is 598 g/mol. The van der Waals surface area contributed by atoms with Gasteiger partial charge >= 0.3 is 6.09 Å². The Morgan fingerprint density at radius 1 is 1.09 bits per heavy atom. The van der Waals surface area contributed by atoms with Crippen LogP contribution >= 0.6 is 11.3 Å². The van der Waals surface area contributed by atoms with Crippen molar-refractivity contribution in [3.05, 3.63) is 65.9 Å². The zero-order valence-corrected chi connectivity index (χ0v) is 25.4. The van der Waals surface area contributed by atoms with Gasteiger partial charge in [0.2, 0.25) is 5.88 Å². The van der Waals surface area contributed by atoms with Crippen molar-refractivity contribution in [2.75, 3.05) is 51.5 Å². The molecule has 3 aromatic carbocycles. The predicted molar refractivity (Wildman–Crippen MR) is 168 cm³/mol. The van der Waals surface area contributed by atoms with Crippen molar-refractivity contribution < 1.29 is 33.6 Å². The number of ether oxygens (including phenoxy) is 4. The van der Waals surface area contributed by atoms with Gasteiger partial charge in [-0.1, -0.05) is 0 Å². The molecule has 2 aromatic heterocycles. The molecule has 0 saturated carbocycles. The topological polar surface area (TPSA) is 136 Å². The Balaban J connectivity index is 1.11. The van der Waals surface area contributed by atoms with Crippen LogP contribution in [-0.4, -0.2) is 89.6 Å². The van der Waals surface area contributed by atoms with Crippen molar-refractivity contribution in [3.63, 3.8) is 0 Å². The number of carbonyl (C=O) groups excluding carboxylic acids is 1. The molecule has 0 aliphatic carbocycles. The van der Waals surface area contributed by atoms with Crippen molar-refractivity contribution in [1.29, 1.82) is 0 Å². The number of hydrogen-bond acceptors (Lipinski definition) is 10. The summed E-state index contributed by atoms with van der Waals surface area (Å²) in [4.78, 5) is 42.0. The average Bonchev–Trinajstić information content (AvgIpc) is 3.51. The maximum absolute atomic E-state index is 12.8. The van der Waals surface area contributed by atoms with E-state index in [1.165, 1.54) is 16.2 Å². The van der Waals surface area contributed by atoms with Gasteiger partial charge in [0, 0.05) is 29.9 Å². The van der Waals surface area contributed by atoms with E-state index in [1.54, 1.807) is 48.5 Å². The average molecular weight is 628 g/mol. The fourth-order valence-corrected chi connectivity index (χ4v) is 6.59. The maximum atomic E-state index is 12.8. The van der Waals surface area contributed by atoms with E-state index in [0.717, 1.165) is 37.4 Å². The number of morpholine rings is 1. The first-order chi connectivity index (χ1) is 21.9. The fourth-order valence-electron chi connectivity index (χ4n) is 5.51. The quantitative estimate of drug-likeness (QED) is 0.273. The molecule has 1 fully saturated rings. The minimum absolute atomic E-state index is 0.0366. The highest BCUT2D eigenvalue weighted by Crippen LogP contribution is 2.44. The molecule has 4 heterocycles. The third-order valence-electron chi connectivity index (χ3n) is 7.73. The maximum Gasteiger partial charge on any atom is 0.411 e. The molecule has 13 heteroatoms. The summed E-state index contributed by atoms with van der Waals surface area (Å²) in [5.74, 6) is 1.43. The smallest absolute Gasteiger partial charge is 0.411 e. The minimum atomic E-state index is -1.13. The zero-order chi connectivity index (χ0) is 31.1. The van der Waals surface area contributed by atoms with E-state index in [4.69, 9.17) is 23.9 Å². The van der Waals surface area contributed by atoms with Gasteiger partial charge in [-0.3, -0.25) is 9.69 Å². The van der Waals surface area contributed by atoms with Gasteiger partial charge in [-0.15, -0.1) is 11.3 Å². The highest BCUT2D eigenvalue weighted by Gasteiger charge is 2.29. The van der Waals surface area contributed by atoms with Crippen molar-refractivity contribution in [2.45, 2.75) is 13.0 Å². The Hall–Kier alpha value is -5.01. The molecule has 0 bridgehead atoms. The second-order valence-corrected chi connectivity index (χ2v) is 11.7. The Bertz CT molecular complexity index is 1920. The van der Waals surface area contributed by atoms with Crippen molar-refractivity contribution in [2.24, 2.45) is 0 Å². The monoisotopic (exact) mass is 627 g/mol. The molecule has 1 saturated heterocycles. The molecule has 230 valence electrons. The molecule has 2 aliphatic heterocycles. The molecule has 0 unspecified atom stereocenters. The summed E-state index contributed by atoms with van der Waals surface area (Å²) < 4.78 is 23.9. The third-order valence-corrected chi connectivity index (χ3v) is 8.84. The summed E-state index contributed by atoms with van der Waals surface area (Å²) >= 11 is 1.47. The van der Waals surface area contributed by atoms with Crippen LogP contribution in [0.25, 0.3) is 31.8 Å². The number of hydrogen-bond donors (Lipinski definition) is 1. The van der Waals surface area contributed by atoms with Crippen LogP contribution in [-0.2, 0) is 4.74 Å². The van der Waals surface area contributed by atoms with Gasteiger partial charge in [0.15, 0.2) is 17.6 Å². The predicted octanol–water partition coefficient (Wildman–Crippen LogP) is 5.02. The minimum Gasteiger partial charge on any atom is -0.484 e. The van der Waals surface area contributed by atoms with Gasteiger partial charge in [0.05, 0.1) is 49.6 Å². The highest BCUT2D eigenvalue weighted by atomic mass is 32.1. The summed E-state index contributed by atoms with van der Waals surface area (Å²) in [6.07, 6.45) is -0.0999. The normalized spacial score (nSPS) is 16.1. The molecule has 1 atom stereocenters. The number of aryl methyl sites for hydroxylation is 1. The van der Waals surface area contributed by atoms with Crippen LogP contribution in [0.3, 0.4) is 0 Å². The molecule has 12 nitrogen and oxygen atoms in total. The van der Waals surface area contributed by atoms with Gasteiger partial charge in [-0.2, -0.15) is 0 Å². The number of aromatic nitrogens is 3. The molecule has 7 rings (SSSR count). The number of carbonyl (C=O) groups is 2. The van der Waals surface area contributed by atoms with E-state index in [9.17, 15) is 14.7 Å². The van der Waals surface area contributed by atoms with Gasteiger partial charge in [-0.25, -0.2) is 19.7 Å². The summed E-state index contributed by atoms with van der Waals surface area (Å²) in [6.45, 7) is 4.26.